The first-order chi connectivity index (χ1) is 14.1. The molecule has 0 spiro atoms. The highest BCUT2D eigenvalue weighted by molar-refractivity contribution is 5.88. The topological polar surface area (TPSA) is 92.8 Å². The fraction of sp³-hybridized carbons (Fsp3) is 0.381. The number of amides is 2. The van der Waals surface area contributed by atoms with Gasteiger partial charge in [-0.1, -0.05) is 12.1 Å². The minimum atomic E-state index is -0.522. The van der Waals surface area contributed by atoms with Crippen LogP contribution < -0.4 is 20.1 Å². The molecule has 29 heavy (non-hydrogen) atoms. The molecule has 154 valence electrons. The Labute approximate surface area is 170 Å². The molecule has 8 heteroatoms. The lowest BCUT2D eigenvalue weighted by molar-refractivity contribution is -0.134. The molecule has 2 N–H and O–H groups in total. The predicted molar refractivity (Wildman–Crippen MR) is 107 cm³/mol. The van der Waals surface area contributed by atoms with Gasteiger partial charge in [0.25, 0.3) is 0 Å². The maximum Gasteiger partial charge on any atom is 0.237 e. The van der Waals surface area contributed by atoms with Gasteiger partial charge in [0.1, 0.15) is 0 Å². The number of benzene rings is 1. The van der Waals surface area contributed by atoms with Crippen LogP contribution in [0.2, 0.25) is 0 Å². The molecule has 2 amide bonds. The molecule has 1 saturated heterocycles. The van der Waals surface area contributed by atoms with Crippen LogP contribution in [0.5, 0.6) is 11.5 Å². The molecule has 1 aliphatic rings. The predicted octanol–water partition coefficient (Wildman–Crippen LogP) is 1.11. The molecule has 8 nitrogen and oxygen atoms in total. The highest BCUT2D eigenvalue weighted by atomic mass is 16.5. The van der Waals surface area contributed by atoms with Gasteiger partial charge in [0, 0.05) is 38.6 Å². The van der Waals surface area contributed by atoms with Gasteiger partial charge >= 0.3 is 0 Å². The Morgan fingerprint density at radius 3 is 2.79 bits per heavy atom. The summed E-state index contributed by atoms with van der Waals surface area (Å²) in [4.78, 5) is 30.9. The third-order valence-electron chi connectivity index (χ3n) is 4.87. The van der Waals surface area contributed by atoms with Gasteiger partial charge in [0.15, 0.2) is 11.5 Å². The number of piperazine rings is 1. The van der Waals surface area contributed by atoms with Crippen molar-refractivity contribution in [2.24, 2.45) is 0 Å². The molecular weight excluding hydrogens is 372 g/mol. The minimum absolute atomic E-state index is 0.0966. The molecule has 0 unspecified atom stereocenters. The molecule has 2 heterocycles. The molecule has 0 aliphatic carbocycles. The quantitative estimate of drug-likeness (QED) is 0.692. The maximum atomic E-state index is 12.4. The number of ether oxygens (including phenoxy) is 2. The molecule has 1 atom stereocenters. The Morgan fingerprint density at radius 2 is 2.07 bits per heavy atom. The average Bonchev–Trinajstić information content (AvgIpc) is 2.75. The summed E-state index contributed by atoms with van der Waals surface area (Å²) >= 11 is 0. The number of pyridine rings is 1. The van der Waals surface area contributed by atoms with Crippen molar-refractivity contribution in [3.05, 3.63) is 53.9 Å². The van der Waals surface area contributed by atoms with Crippen molar-refractivity contribution < 1.29 is 19.1 Å². The van der Waals surface area contributed by atoms with E-state index in [0.29, 0.717) is 37.7 Å². The molecule has 1 aliphatic heterocycles. The zero-order chi connectivity index (χ0) is 20.6. The summed E-state index contributed by atoms with van der Waals surface area (Å²) in [6.45, 7) is 2.14. The number of nitrogens with one attached hydrogen (secondary N) is 2. The summed E-state index contributed by atoms with van der Waals surface area (Å²) in [5.41, 5.74) is 1.90. The number of methoxy groups -OCH3 is 2. The normalized spacial score (nSPS) is 16.8. The molecule has 1 fully saturated rings. The largest absolute Gasteiger partial charge is 0.493 e. The lowest BCUT2D eigenvalue weighted by Gasteiger charge is -2.34. The number of carbonyl (C=O) groups is 2. The number of carbonyl (C=O) groups excluding carboxylic acids is 2. The van der Waals surface area contributed by atoms with E-state index in [1.165, 1.54) is 0 Å². The van der Waals surface area contributed by atoms with E-state index < -0.39 is 6.04 Å². The second kappa shape index (κ2) is 9.88. The van der Waals surface area contributed by atoms with Crippen molar-refractivity contribution in [3.8, 4) is 11.5 Å². The Hall–Kier alpha value is -3.13. The number of rotatable bonds is 8. The van der Waals surface area contributed by atoms with Crippen molar-refractivity contribution in [1.82, 2.24) is 20.5 Å². The highest BCUT2D eigenvalue weighted by Gasteiger charge is 2.31. The number of hydrogen-bond donors (Lipinski definition) is 2. The Bertz CT molecular complexity index is 844. The van der Waals surface area contributed by atoms with Crippen LogP contribution in [-0.4, -0.2) is 55.0 Å². The molecule has 0 saturated carbocycles. The van der Waals surface area contributed by atoms with Gasteiger partial charge in [0.05, 0.1) is 26.7 Å². The van der Waals surface area contributed by atoms with Crippen molar-refractivity contribution in [1.29, 1.82) is 0 Å². The van der Waals surface area contributed by atoms with Gasteiger partial charge in [0.2, 0.25) is 11.8 Å². The first-order valence-electron chi connectivity index (χ1n) is 9.49. The van der Waals surface area contributed by atoms with Gasteiger partial charge in [-0.3, -0.25) is 19.5 Å². The minimum Gasteiger partial charge on any atom is -0.493 e. The molecule has 1 aromatic carbocycles. The summed E-state index contributed by atoms with van der Waals surface area (Å²) in [6.07, 6.45) is 3.49. The van der Waals surface area contributed by atoms with E-state index in [-0.39, 0.29) is 18.2 Å². The van der Waals surface area contributed by atoms with Crippen molar-refractivity contribution in [2.75, 3.05) is 27.3 Å². The molecule has 3 rings (SSSR count). The van der Waals surface area contributed by atoms with Crippen molar-refractivity contribution in [2.45, 2.75) is 25.6 Å². The summed E-state index contributed by atoms with van der Waals surface area (Å²) in [5.74, 6) is 0.984. The Kier molecular flexibility index (Phi) is 7.02. The van der Waals surface area contributed by atoms with Crippen LogP contribution in [0.1, 0.15) is 17.5 Å². The summed E-state index contributed by atoms with van der Waals surface area (Å²) < 4.78 is 10.6. The number of nitrogens with zero attached hydrogens (tertiary/aromatic N) is 2. The van der Waals surface area contributed by atoms with Crippen LogP contribution in [0.3, 0.4) is 0 Å². The summed E-state index contributed by atoms with van der Waals surface area (Å²) in [7, 11) is 3.18. The standard InChI is InChI=1S/C21H26N4O4/c1-28-18-6-5-15(10-19(18)29-2)14-25-9-8-23-21(27)17(25)11-20(26)24-13-16-4-3-7-22-12-16/h3-7,10,12,17H,8-9,11,13-14H2,1-2H3,(H,23,27)(H,24,26)/t17-/m1/s1. The second-order valence-corrected chi connectivity index (χ2v) is 6.81. The summed E-state index contributed by atoms with van der Waals surface area (Å²) in [6, 6.07) is 8.86. The van der Waals surface area contributed by atoms with E-state index in [9.17, 15) is 9.59 Å². The highest BCUT2D eigenvalue weighted by Crippen LogP contribution is 2.28. The fourth-order valence-corrected chi connectivity index (χ4v) is 3.34. The van der Waals surface area contributed by atoms with Crippen molar-refractivity contribution >= 4 is 11.8 Å². The van der Waals surface area contributed by atoms with Crippen LogP contribution >= 0.6 is 0 Å². The van der Waals surface area contributed by atoms with E-state index in [2.05, 4.69) is 15.6 Å². The van der Waals surface area contributed by atoms with Gasteiger partial charge in [-0.2, -0.15) is 0 Å². The molecule has 0 radical (unpaired) electrons. The number of hydrogen-bond acceptors (Lipinski definition) is 6. The van der Waals surface area contributed by atoms with E-state index in [1.54, 1.807) is 26.6 Å². The van der Waals surface area contributed by atoms with Crippen LogP contribution in [0.25, 0.3) is 0 Å². The SMILES string of the molecule is COc1ccc(CN2CCNC(=O)[C@H]2CC(=O)NCc2cccnc2)cc1OC. The fourth-order valence-electron chi connectivity index (χ4n) is 3.34. The maximum absolute atomic E-state index is 12.4. The smallest absolute Gasteiger partial charge is 0.237 e. The second-order valence-electron chi connectivity index (χ2n) is 6.81. The average molecular weight is 398 g/mol. The van der Waals surface area contributed by atoms with Crippen LogP contribution in [0.4, 0.5) is 0 Å². The molecule has 2 aromatic rings. The van der Waals surface area contributed by atoms with Crippen LogP contribution in [0, 0.1) is 0 Å². The van der Waals surface area contributed by atoms with Crippen LogP contribution in [-0.2, 0) is 22.7 Å². The zero-order valence-electron chi connectivity index (χ0n) is 16.7. The van der Waals surface area contributed by atoms with E-state index in [4.69, 9.17) is 9.47 Å². The van der Waals surface area contributed by atoms with Crippen molar-refractivity contribution in [3.63, 3.8) is 0 Å². The van der Waals surface area contributed by atoms with Gasteiger partial charge in [-0.05, 0) is 29.3 Å². The molecular formula is C21H26N4O4. The third kappa shape index (κ3) is 5.45. The van der Waals surface area contributed by atoms with E-state index in [1.807, 2.05) is 35.2 Å². The molecule has 0 bridgehead atoms. The van der Waals surface area contributed by atoms with Gasteiger partial charge < -0.3 is 20.1 Å². The number of aromatic nitrogens is 1. The van der Waals surface area contributed by atoms with E-state index in [0.717, 1.165) is 11.1 Å². The van der Waals surface area contributed by atoms with Gasteiger partial charge in [-0.25, -0.2) is 0 Å². The van der Waals surface area contributed by atoms with Gasteiger partial charge in [-0.15, -0.1) is 0 Å². The lowest BCUT2D eigenvalue weighted by Crippen LogP contribution is -2.56. The van der Waals surface area contributed by atoms with Crippen LogP contribution in [0.15, 0.2) is 42.7 Å². The first kappa shape index (κ1) is 20.6. The zero-order valence-corrected chi connectivity index (χ0v) is 16.7. The first-order valence-corrected chi connectivity index (χ1v) is 9.49. The molecule has 1 aromatic heterocycles. The Morgan fingerprint density at radius 1 is 1.24 bits per heavy atom. The van der Waals surface area contributed by atoms with E-state index >= 15 is 0 Å². The summed E-state index contributed by atoms with van der Waals surface area (Å²) in [5, 5.41) is 5.71. The third-order valence-corrected chi connectivity index (χ3v) is 4.87. The Balaban J connectivity index is 1.64. The lowest BCUT2D eigenvalue weighted by atomic mass is 10.1. The monoisotopic (exact) mass is 398 g/mol.